The molecule has 1 heterocycles. The molecule has 0 saturated carbocycles. The van der Waals surface area contributed by atoms with Gasteiger partial charge in [0, 0.05) is 50.9 Å². The summed E-state index contributed by atoms with van der Waals surface area (Å²) in [6, 6.07) is 26.5. The molecule has 4 rings (SSSR count). The molecule has 6 nitrogen and oxygen atoms in total. The second-order valence-corrected chi connectivity index (χ2v) is 10.4. The van der Waals surface area contributed by atoms with Crippen molar-refractivity contribution >= 4 is 17.9 Å². The van der Waals surface area contributed by atoms with Gasteiger partial charge in [0.25, 0.3) is 0 Å². The van der Waals surface area contributed by atoms with Crippen molar-refractivity contribution in [3.05, 3.63) is 132 Å². The Morgan fingerprint density at radius 1 is 0.886 bits per heavy atom. The number of likely N-dealkylation sites (N-methyl/N-ethyl adjacent to an activating group) is 2. The number of hydrogen-bond donors (Lipinski definition) is 1. The van der Waals surface area contributed by atoms with E-state index in [4.69, 9.17) is 0 Å². The third kappa shape index (κ3) is 8.87. The standard InChI is InChI=1S/C35H35F3N4O2/c1-39-22-23-41(2)34(44)32(24-27-8-4-3-5-9-27)42(25-28-11-16-29(17-12-28)31-10-6-7-21-40-31)33(43)20-15-26-13-18-30(19-14-26)35(36,37)38/h3-21,32,39H,22-25H2,1-2H3. The number of nitrogens with zero attached hydrogens (tertiary/aromatic N) is 3. The first-order valence-corrected chi connectivity index (χ1v) is 14.3. The Balaban J connectivity index is 1.67. The van der Waals surface area contributed by atoms with Crippen molar-refractivity contribution in [1.82, 2.24) is 20.1 Å². The fourth-order valence-electron chi connectivity index (χ4n) is 4.71. The highest BCUT2D eigenvalue weighted by Gasteiger charge is 2.32. The van der Waals surface area contributed by atoms with Gasteiger partial charge in [-0.2, -0.15) is 13.2 Å². The molecule has 0 saturated heterocycles. The second kappa shape index (κ2) is 15.1. The molecule has 0 fully saturated rings. The summed E-state index contributed by atoms with van der Waals surface area (Å²) < 4.78 is 39.1. The van der Waals surface area contributed by atoms with Crippen LogP contribution in [0.4, 0.5) is 13.2 Å². The van der Waals surface area contributed by atoms with Crippen LogP contribution in [0.1, 0.15) is 22.3 Å². The van der Waals surface area contributed by atoms with Crippen molar-refractivity contribution in [2.24, 2.45) is 0 Å². The topological polar surface area (TPSA) is 65.5 Å². The largest absolute Gasteiger partial charge is 0.416 e. The van der Waals surface area contributed by atoms with Gasteiger partial charge in [0.1, 0.15) is 6.04 Å². The molecule has 0 radical (unpaired) electrons. The Labute approximate surface area is 255 Å². The van der Waals surface area contributed by atoms with Crippen LogP contribution in [-0.2, 0) is 28.7 Å². The number of hydrogen-bond acceptors (Lipinski definition) is 4. The minimum absolute atomic E-state index is 0.141. The molecule has 0 bridgehead atoms. The zero-order chi connectivity index (χ0) is 31.5. The van der Waals surface area contributed by atoms with Gasteiger partial charge >= 0.3 is 6.18 Å². The number of nitrogens with one attached hydrogen (secondary N) is 1. The number of benzene rings is 3. The smallest absolute Gasteiger partial charge is 0.343 e. The van der Waals surface area contributed by atoms with E-state index in [1.165, 1.54) is 29.2 Å². The lowest BCUT2D eigenvalue weighted by Gasteiger charge is -2.33. The fraction of sp³-hybridized carbons (Fsp3) is 0.229. The Bertz CT molecular complexity index is 1520. The molecular formula is C35H35F3N4O2. The fourth-order valence-corrected chi connectivity index (χ4v) is 4.71. The van der Waals surface area contributed by atoms with Crippen molar-refractivity contribution in [3.8, 4) is 11.3 Å². The van der Waals surface area contributed by atoms with Crippen LogP contribution in [0.25, 0.3) is 17.3 Å². The Morgan fingerprint density at radius 3 is 2.18 bits per heavy atom. The average molecular weight is 601 g/mol. The van der Waals surface area contributed by atoms with E-state index in [-0.39, 0.29) is 18.9 Å². The first-order valence-electron chi connectivity index (χ1n) is 14.3. The molecule has 1 atom stereocenters. The number of aromatic nitrogens is 1. The van der Waals surface area contributed by atoms with Crippen LogP contribution in [0.2, 0.25) is 0 Å². The van der Waals surface area contributed by atoms with E-state index in [0.29, 0.717) is 18.7 Å². The van der Waals surface area contributed by atoms with Gasteiger partial charge in [0.05, 0.1) is 11.3 Å². The summed E-state index contributed by atoms with van der Waals surface area (Å²) in [5.74, 6) is -0.652. The Morgan fingerprint density at radius 2 is 1.57 bits per heavy atom. The average Bonchev–Trinajstić information content (AvgIpc) is 3.04. The summed E-state index contributed by atoms with van der Waals surface area (Å²) in [5.41, 5.74) is 3.10. The van der Waals surface area contributed by atoms with Crippen LogP contribution < -0.4 is 5.32 Å². The van der Waals surface area contributed by atoms with Crippen molar-refractivity contribution in [3.63, 3.8) is 0 Å². The molecule has 228 valence electrons. The van der Waals surface area contributed by atoms with E-state index in [1.54, 1.807) is 25.2 Å². The van der Waals surface area contributed by atoms with E-state index in [9.17, 15) is 22.8 Å². The first-order chi connectivity index (χ1) is 21.2. The van der Waals surface area contributed by atoms with Crippen molar-refractivity contribution in [2.75, 3.05) is 27.2 Å². The summed E-state index contributed by atoms with van der Waals surface area (Å²) >= 11 is 0. The minimum atomic E-state index is -4.45. The molecule has 2 amide bonds. The maximum absolute atomic E-state index is 13.9. The monoisotopic (exact) mass is 600 g/mol. The van der Waals surface area contributed by atoms with Crippen molar-refractivity contribution in [1.29, 1.82) is 0 Å². The van der Waals surface area contributed by atoms with E-state index in [2.05, 4.69) is 10.3 Å². The molecule has 0 aliphatic carbocycles. The number of amides is 2. The van der Waals surface area contributed by atoms with Crippen LogP contribution in [0.3, 0.4) is 0 Å². The summed E-state index contributed by atoms with van der Waals surface area (Å²) in [6.45, 7) is 1.17. The number of alkyl halides is 3. The van der Waals surface area contributed by atoms with E-state index in [0.717, 1.165) is 34.5 Å². The van der Waals surface area contributed by atoms with Crippen molar-refractivity contribution < 1.29 is 22.8 Å². The normalized spacial score (nSPS) is 12.2. The maximum atomic E-state index is 13.9. The van der Waals surface area contributed by atoms with Gasteiger partial charge in [0.2, 0.25) is 11.8 Å². The Kier molecular flexibility index (Phi) is 11.0. The molecule has 1 N–H and O–H groups in total. The quantitative estimate of drug-likeness (QED) is 0.200. The number of carbonyl (C=O) groups excluding carboxylic acids is 2. The predicted molar refractivity (Wildman–Crippen MR) is 166 cm³/mol. The predicted octanol–water partition coefficient (Wildman–Crippen LogP) is 6.10. The Hall–Kier alpha value is -4.76. The van der Waals surface area contributed by atoms with Gasteiger partial charge in [-0.05, 0) is 54.1 Å². The van der Waals surface area contributed by atoms with Gasteiger partial charge in [-0.3, -0.25) is 14.6 Å². The van der Waals surface area contributed by atoms with Gasteiger partial charge in [0.15, 0.2) is 0 Å². The lowest BCUT2D eigenvalue weighted by molar-refractivity contribution is -0.143. The van der Waals surface area contributed by atoms with Crippen molar-refractivity contribution in [2.45, 2.75) is 25.2 Å². The van der Waals surface area contributed by atoms with E-state index in [1.807, 2.05) is 72.8 Å². The molecule has 3 aromatic carbocycles. The van der Waals surface area contributed by atoms with Gasteiger partial charge in [-0.25, -0.2) is 0 Å². The van der Waals surface area contributed by atoms with E-state index >= 15 is 0 Å². The highest BCUT2D eigenvalue weighted by atomic mass is 19.4. The maximum Gasteiger partial charge on any atom is 0.416 e. The van der Waals surface area contributed by atoms with Gasteiger partial charge in [-0.1, -0.05) is 72.8 Å². The van der Waals surface area contributed by atoms with Crippen LogP contribution in [-0.4, -0.2) is 59.8 Å². The molecule has 1 aromatic heterocycles. The van der Waals surface area contributed by atoms with Crippen LogP contribution in [0.5, 0.6) is 0 Å². The molecule has 1 unspecified atom stereocenters. The SMILES string of the molecule is CNCCN(C)C(=O)C(Cc1ccccc1)N(Cc1ccc(-c2ccccn2)cc1)C(=O)C=Cc1ccc(C(F)(F)F)cc1. The summed E-state index contributed by atoms with van der Waals surface area (Å²) in [5, 5.41) is 3.04. The molecule has 44 heavy (non-hydrogen) atoms. The molecular weight excluding hydrogens is 565 g/mol. The van der Waals surface area contributed by atoms with Crippen LogP contribution in [0, 0.1) is 0 Å². The first kappa shape index (κ1) is 32.2. The number of halogens is 3. The molecule has 9 heteroatoms. The van der Waals surface area contributed by atoms with E-state index < -0.39 is 23.7 Å². The highest BCUT2D eigenvalue weighted by Crippen LogP contribution is 2.29. The molecule has 0 aliphatic rings. The summed E-state index contributed by atoms with van der Waals surface area (Å²) in [4.78, 5) is 35.3. The molecule has 0 spiro atoms. The summed E-state index contributed by atoms with van der Waals surface area (Å²) in [6.07, 6.45) is 0.329. The summed E-state index contributed by atoms with van der Waals surface area (Å²) in [7, 11) is 3.51. The van der Waals surface area contributed by atoms with Crippen LogP contribution in [0.15, 0.2) is 109 Å². The van der Waals surface area contributed by atoms with Crippen LogP contribution >= 0.6 is 0 Å². The number of pyridine rings is 1. The highest BCUT2D eigenvalue weighted by molar-refractivity contribution is 5.95. The van der Waals surface area contributed by atoms with Gasteiger partial charge < -0.3 is 15.1 Å². The molecule has 4 aromatic rings. The zero-order valence-corrected chi connectivity index (χ0v) is 24.7. The minimum Gasteiger partial charge on any atom is -0.343 e. The second-order valence-electron chi connectivity index (χ2n) is 10.4. The number of rotatable bonds is 12. The lowest BCUT2D eigenvalue weighted by atomic mass is 10.0. The number of carbonyl (C=O) groups is 2. The zero-order valence-electron chi connectivity index (χ0n) is 24.7. The third-order valence-corrected chi connectivity index (χ3v) is 7.21. The van der Waals surface area contributed by atoms with Gasteiger partial charge in [-0.15, -0.1) is 0 Å². The lowest BCUT2D eigenvalue weighted by Crippen LogP contribution is -2.51. The molecule has 0 aliphatic heterocycles. The third-order valence-electron chi connectivity index (χ3n) is 7.21.